The van der Waals surface area contributed by atoms with Gasteiger partial charge >= 0.3 is 0 Å². The van der Waals surface area contributed by atoms with Crippen molar-refractivity contribution in [1.29, 1.82) is 0 Å². The molecule has 0 amide bonds. The molecule has 0 spiro atoms. The molecule has 0 aromatic carbocycles. The quantitative estimate of drug-likeness (QED) is 0.510. The number of nitrogens with one attached hydrogen (secondary N) is 2. The van der Waals surface area contributed by atoms with Crippen molar-refractivity contribution in [2.24, 2.45) is 4.99 Å². The molecule has 0 aliphatic carbocycles. The van der Waals surface area contributed by atoms with Gasteiger partial charge in [0, 0.05) is 37.7 Å². The minimum absolute atomic E-state index is 0.0356. The number of aromatic nitrogens is 3. The van der Waals surface area contributed by atoms with Crippen LogP contribution < -0.4 is 10.6 Å². The van der Waals surface area contributed by atoms with Crippen LogP contribution in [0.5, 0.6) is 0 Å². The van der Waals surface area contributed by atoms with Crippen molar-refractivity contribution in [1.82, 2.24) is 29.7 Å². The van der Waals surface area contributed by atoms with Crippen LogP contribution in [0.1, 0.15) is 37.5 Å². The lowest BCUT2D eigenvalue weighted by molar-refractivity contribution is 0.397. The predicted molar refractivity (Wildman–Crippen MR) is 109 cm³/mol. The topological polar surface area (TPSA) is 105 Å². The van der Waals surface area contributed by atoms with E-state index in [0.717, 1.165) is 42.5 Å². The van der Waals surface area contributed by atoms with Crippen molar-refractivity contribution < 1.29 is 8.42 Å². The lowest BCUT2D eigenvalue weighted by Gasteiger charge is -2.26. The zero-order valence-electron chi connectivity index (χ0n) is 16.0. The van der Waals surface area contributed by atoms with Gasteiger partial charge in [-0.3, -0.25) is 4.99 Å². The number of nitrogens with zero attached hydrogens (tertiary/aromatic N) is 5. The largest absolute Gasteiger partial charge is 0.357 e. The van der Waals surface area contributed by atoms with Gasteiger partial charge < -0.3 is 10.6 Å². The molecule has 0 saturated carbocycles. The molecule has 3 rings (SSSR count). The number of aryl methyl sites for hydroxylation is 2. The van der Waals surface area contributed by atoms with Crippen molar-refractivity contribution in [3.8, 4) is 0 Å². The molecule has 2 aliphatic heterocycles. The zero-order valence-corrected chi connectivity index (χ0v) is 17.7. The molecule has 0 radical (unpaired) electrons. The van der Waals surface area contributed by atoms with Gasteiger partial charge in [0.05, 0.1) is 18.3 Å². The number of aliphatic imine (C=N–C) groups is 1. The monoisotopic (exact) mass is 415 g/mol. The standard InChI is InChI=1S/C16H29N7O2S2/c1-3-17-16(18-6-12-27(24,25)22-8-10-26-11-9-22)20-14-5-4-7-23-15(14)19-13(2)21-23/h14H,3-12H2,1-2H3,(H2,17,18,20). The second kappa shape index (κ2) is 9.24. The molecule has 1 unspecified atom stereocenters. The first-order valence-corrected chi connectivity index (χ1v) is 12.3. The third-order valence-electron chi connectivity index (χ3n) is 4.62. The summed E-state index contributed by atoms with van der Waals surface area (Å²) in [6.45, 7) is 6.92. The van der Waals surface area contributed by atoms with Crippen molar-refractivity contribution in [3.05, 3.63) is 11.6 Å². The molecule has 1 aromatic rings. The predicted octanol–water partition coefficient (Wildman–Crippen LogP) is 0.355. The van der Waals surface area contributed by atoms with Crippen LogP contribution in [-0.4, -0.2) is 76.9 Å². The first-order chi connectivity index (χ1) is 13.0. The molecule has 27 heavy (non-hydrogen) atoms. The Morgan fingerprint density at radius 2 is 2.11 bits per heavy atom. The van der Waals surface area contributed by atoms with Crippen LogP contribution in [0.25, 0.3) is 0 Å². The molecular weight excluding hydrogens is 386 g/mol. The third kappa shape index (κ3) is 5.35. The summed E-state index contributed by atoms with van der Waals surface area (Å²) in [7, 11) is -3.24. The van der Waals surface area contributed by atoms with E-state index in [-0.39, 0.29) is 18.3 Å². The Balaban J connectivity index is 1.61. The normalized spacial score (nSPS) is 21.7. The summed E-state index contributed by atoms with van der Waals surface area (Å²) in [5.74, 6) is 4.09. The molecule has 1 fully saturated rings. The molecule has 9 nitrogen and oxygen atoms in total. The molecule has 2 aliphatic rings. The average molecular weight is 416 g/mol. The van der Waals surface area contributed by atoms with Crippen molar-refractivity contribution in [2.75, 3.05) is 43.4 Å². The Morgan fingerprint density at radius 3 is 2.85 bits per heavy atom. The molecule has 152 valence electrons. The maximum Gasteiger partial charge on any atom is 0.215 e. The molecule has 2 N–H and O–H groups in total. The van der Waals surface area contributed by atoms with Crippen LogP contribution >= 0.6 is 11.8 Å². The van der Waals surface area contributed by atoms with Gasteiger partial charge in [0.15, 0.2) is 5.96 Å². The lowest BCUT2D eigenvalue weighted by Crippen LogP contribution is -2.42. The van der Waals surface area contributed by atoms with Gasteiger partial charge in [-0.25, -0.2) is 22.4 Å². The average Bonchev–Trinajstić information content (AvgIpc) is 3.04. The van der Waals surface area contributed by atoms with Gasteiger partial charge in [0.25, 0.3) is 0 Å². The van der Waals surface area contributed by atoms with Crippen LogP contribution in [0.2, 0.25) is 0 Å². The highest BCUT2D eigenvalue weighted by Crippen LogP contribution is 2.22. The van der Waals surface area contributed by atoms with Gasteiger partial charge in [-0.2, -0.15) is 16.9 Å². The van der Waals surface area contributed by atoms with Crippen LogP contribution in [0.4, 0.5) is 0 Å². The van der Waals surface area contributed by atoms with Gasteiger partial charge in [-0.05, 0) is 26.7 Å². The molecule has 0 bridgehead atoms. The maximum absolute atomic E-state index is 12.5. The van der Waals surface area contributed by atoms with E-state index < -0.39 is 10.0 Å². The first-order valence-electron chi connectivity index (χ1n) is 9.51. The van der Waals surface area contributed by atoms with E-state index in [2.05, 4.69) is 25.7 Å². The molecule has 1 saturated heterocycles. The number of sulfonamides is 1. The number of hydrogen-bond donors (Lipinski definition) is 2. The van der Waals surface area contributed by atoms with E-state index in [1.807, 2.05) is 18.5 Å². The number of thioether (sulfide) groups is 1. The summed E-state index contributed by atoms with van der Waals surface area (Å²) in [4.78, 5) is 9.02. The van der Waals surface area contributed by atoms with Gasteiger partial charge in [0.1, 0.15) is 11.6 Å². The van der Waals surface area contributed by atoms with Crippen LogP contribution in [0, 0.1) is 6.92 Å². The molecule has 11 heteroatoms. The third-order valence-corrected chi connectivity index (χ3v) is 7.41. The maximum atomic E-state index is 12.5. The van der Waals surface area contributed by atoms with Crippen molar-refractivity contribution in [3.63, 3.8) is 0 Å². The van der Waals surface area contributed by atoms with E-state index in [9.17, 15) is 8.42 Å². The fourth-order valence-electron chi connectivity index (χ4n) is 3.32. The van der Waals surface area contributed by atoms with E-state index >= 15 is 0 Å². The van der Waals surface area contributed by atoms with E-state index in [4.69, 9.17) is 0 Å². The first kappa shape index (κ1) is 20.4. The highest BCUT2D eigenvalue weighted by atomic mass is 32.2. The van der Waals surface area contributed by atoms with E-state index in [1.54, 1.807) is 16.1 Å². The number of fused-ring (bicyclic) bond motifs is 1. The summed E-state index contributed by atoms with van der Waals surface area (Å²) in [5, 5.41) is 11.0. The summed E-state index contributed by atoms with van der Waals surface area (Å²) < 4.78 is 28.5. The summed E-state index contributed by atoms with van der Waals surface area (Å²) in [6, 6.07) is 0.0356. The summed E-state index contributed by atoms with van der Waals surface area (Å²) in [6.07, 6.45) is 1.97. The SMILES string of the molecule is CCNC(=NCCS(=O)(=O)N1CCSCC1)NC1CCCn2nc(C)nc21. The van der Waals surface area contributed by atoms with Gasteiger partial charge in [-0.1, -0.05) is 0 Å². The number of rotatable bonds is 6. The number of guanidine groups is 1. The van der Waals surface area contributed by atoms with E-state index in [0.29, 0.717) is 25.6 Å². The van der Waals surface area contributed by atoms with Crippen molar-refractivity contribution >= 4 is 27.7 Å². The Labute approximate surface area is 165 Å². The van der Waals surface area contributed by atoms with Crippen LogP contribution in [0.15, 0.2) is 4.99 Å². The Morgan fingerprint density at radius 1 is 1.33 bits per heavy atom. The van der Waals surface area contributed by atoms with Crippen molar-refractivity contribution in [2.45, 2.75) is 39.3 Å². The Bertz CT molecular complexity index is 757. The summed E-state index contributed by atoms with van der Waals surface area (Å²) in [5.41, 5.74) is 0. The lowest BCUT2D eigenvalue weighted by atomic mass is 10.1. The smallest absolute Gasteiger partial charge is 0.215 e. The summed E-state index contributed by atoms with van der Waals surface area (Å²) >= 11 is 1.80. The van der Waals surface area contributed by atoms with Crippen LogP contribution in [-0.2, 0) is 16.6 Å². The second-order valence-electron chi connectivity index (χ2n) is 6.67. The number of hydrogen-bond acceptors (Lipinski definition) is 6. The highest BCUT2D eigenvalue weighted by Gasteiger charge is 2.25. The highest BCUT2D eigenvalue weighted by molar-refractivity contribution is 7.99. The molecule has 1 aromatic heterocycles. The fraction of sp³-hybridized carbons (Fsp3) is 0.812. The van der Waals surface area contributed by atoms with Gasteiger partial charge in [0.2, 0.25) is 10.0 Å². The second-order valence-corrected chi connectivity index (χ2v) is 9.98. The van der Waals surface area contributed by atoms with E-state index in [1.165, 1.54) is 0 Å². The Hall–Kier alpha value is -1.33. The molecule has 3 heterocycles. The molecule has 1 atom stereocenters. The Kier molecular flexibility index (Phi) is 6.99. The van der Waals surface area contributed by atoms with Crippen LogP contribution in [0.3, 0.4) is 0 Å². The minimum Gasteiger partial charge on any atom is -0.357 e. The fourth-order valence-corrected chi connectivity index (χ4v) is 5.77. The van der Waals surface area contributed by atoms with Gasteiger partial charge in [-0.15, -0.1) is 0 Å². The minimum atomic E-state index is -3.24. The molecular formula is C16H29N7O2S2. The zero-order chi connectivity index (χ0) is 19.3.